The van der Waals surface area contributed by atoms with Crippen molar-refractivity contribution in [3.63, 3.8) is 0 Å². The van der Waals surface area contributed by atoms with E-state index in [1.807, 2.05) is 12.1 Å². The number of benzene rings is 1. The average molecular weight is 304 g/mol. The molecule has 114 valence electrons. The van der Waals surface area contributed by atoms with Gasteiger partial charge in [0.25, 0.3) is 0 Å². The Balaban J connectivity index is 1.29. The zero-order valence-corrected chi connectivity index (χ0v) is 13.7. The molecule has 2 heteroatoms. The monoisotopic (exact) mass is 303 g/mol. The number of rotatable bonds is 4. The third-order valence-electron chi connectivity index (χ3n) is 6.42. The van der Waals surface area contributed by atoms with Crippen molar-refractivity contribution in [3.05, 3.63) is 34.9 Å². The van der Waals surface area contributed by atoms with Crippen LogP contribution in [0, 0.1) is 17.8 Å². The smallest absolute Gasteiger partial charge is 0.0440 e. The summed E-state index contributed by atoms with van der Waals surface area (Å²) in [6.07, 6.45) is 8.52. The zero-order chi connectivity index (χ0) is 14.4. The summed E-state index contributed by atoms with van der Waals surface area (Å²) in [5.41, 5.74) is 1.35. The summed E-state index contributed by atoms with van der Waals surface area (Å²) in [6, 6.07) is 9.77. The molecule has 4 rings (SSSR count). The van der Waals surface area contributed by atoms with E-state index in [0.29, 0.717) is 18.0 Å². The van der Waals surface area contributed by atoms with E-state index in [1.54, 1.807) is 0 Å². The Bertz CT molecular complexity index is 508. The van der Waals surface area contributed by atoms with Crippen LogP contribution in [0.3, 0.4) is 0 Å². The van der Waals surface area contributed by atoms with Gasteiger partial charge < -0.3 is 5.32 Å². The molecule has 0 aliphatic heterocycles. The lowest BCUT2D eigenvalue weighted by atomic mass is 9.74. The van der Waals surface area contributed by atoms with Crippen molar-refractivity contribution in [2.45, 2.75) is 63.5 Å². The summed E-state index contributed by atoms with van der Waals surface area (Å²) in [4.78, 5) is 0. The van der Waals surface area contributed by atoms with Gasteiger partial charge in [0.1, 0.15) is 0 Å². The van der Waals surface area contributed by atoms with Gasteiger partial charge in [-0.15, -0.1) is 0 Å². The predicted molar refractivity (Wildman–Crippen MR) is 88.8 cm³/mol. The van der Waals surface area contributed by atoms with Crippen molar-refractivity contribution in [3.8, 4) is 0 Å². The number of fused-ring (bicyclic) bond motifs is 2. The van der Waals surface area contributed by atoms with Crippen molar-refractivity contribution in [1.82, 2.24) is 5.32 Å². The molecular formula is C19H26ClN. The highest BCUT2D eigenvalue weighted by atomic mass is 35.5. The van der Waals surface area contributed by atoms with Crippen LogP contribution in [-0.4, -0.2) is 12.1 Å². The summed E-state index contributed by atoms with van der Waals surface area (Å²) in [5, 5.41) is 4.87. The molecule has 3 aliphatic carbocycles. The molecule has 3 aliphatic rings. The van der Waals surface area contributed by atoms with Gasteiger partial charge in [0.15, 0.2) is 0 Å². The Morgan fingerprint density at radius 2 is 1.90 bits per heavy atom. The second-order valence-electron chi connectivity index (χ2n) is 7.68. The standard InChI is InChI=1S/C19H26ClN/c1-12(18-9-13-6-7-14(18)8-13)21-16-10-15(11-16)17-4-2-3-5-19(17)20/h2-5,12-16,18,21H,6-11H2,1H3. The van der Waals surface area contributed by atoms with Crippen LogP contribution < -0.4 is 5.32 Å². The van der Waals surface area contributed by atoms with Gasteiger partial charge in [0.2, 0.25) is 0 Å². The van der Waals surface area contributed by atoms with Gasteiger partial charge in [-0.2, -0.15) is 0 Å². The number of hydrogen-bond acceptors (Lipinski definition) is 1. The predicted octanol–water partition coefficient (Wildman–Crippen LogP) is 5.00. The second kappa shape index (κ2) is 5.59. The van der Waals surface area contributed by atoms with E-state index in [1.165, 1.54) is 44.1 Å². The molecule has 1 aromatic rings. The van der Waals surface area contributed by atoms with E-state index in [9.17, 15) is 0 Å². The molecule has 1 N–H and O–H groups in total. The Morgan fingerprint density at radius 3 is 2.57 bits per heavy atom. The van der Waals surface area contributed by atoms with Gasteiger partial charge in [0.05, 0.1) is 0 Å². The lowest BCUT2D eigenvalue weighted by Gasteiger charge is -2.40. The molecular weight excluding hydrogens is 278 g/mol. The maximum Gasteiger partial charge on any atom is 0.0440 e. The molecule has 21 heavy (non-hydrogen) atoms. The van der Waals surface area contributed by atoms with Crippen molar-refractivity contribution in [1.29, 1.82) is 0 Å². The fourth-order valence-corrected chi connectivity index (χ4v) is 5.51. The number of halogens is 1. The first-order valence-corrected chi connectivity index (χ1v) is 9.09. The second-order valence-corrected chi connectivity index (χ2v) is 8.09. The van der Waals surface area contributed by atoms with Crippen LogP contribution in [0.2, 0.25) is 5.02 Å². The van der Waals surface area contributed by atoms with Gasteiger partial charge in [0, 0.05) is 17.1 Å². The van der Waals surface area contributed by atoms with Crippen molar-refractivity contribution >= 4 is 11.6 Å². The zero-order valence-electron chi connectivity index (χ0n) is 12.9. The summed E-state index contributed by atoms with van der Waals surface area (Å²) < 4.78 is 0. The Hall–Kier alpha value is -0.530. The fraction of sp³-hybridized carbons (Fsp3) is 0.684. The molecule has 4 atom stereocenters. The largest absolute Gasteiger partial charge is 0.311 e. The van der Waals surface area contributed by atoms with Crippen LogP contribution in [0.15, 0.2) is 24.3 Å². The summed E-state index contributed by atoms with van der Waals surface area (Å²) in [7, 11) is 0. The molecule has 0 saturated heterocycles. The van der Waals surface area contributed by atoms with Gasteiger partial charge >= 0.3 is 0 Å². The van der Waals surface area contributed by atoms with E-state index >= 15 is 0 Å². The van der Waals surface area contributed by atoms with Gasteiger partial charge in [-0.25, -0.2) is 0 Å². The fourth-order valence-electron chi connectivity index (χ4n) is 5.22. The van der Waals surface area contributed by atoms with Crippen LogP contribution in [0.4, 0.5) is 0 Å². The molecule has 2 bridgehead atoms. The third kappa shape index (κ3) is 2.64. The summed E-state index contributed by atoms with van der Waals surface area (Å²) >= 11 is 6.31. The normalized spacial score (nSPS) is 39.2. The van der Waals surface area contributed by atoms with E-state index in [-0.39, 0.29) is 0 Å². The molecule has 3 saturated carbocycles. The molecule has 0 spiro atoms. The molecule has 0 amide bonds. The van der Waals surface area contributed by atoms with Crippen molar-refractivity contribution < 1.29 is 0 Å². The molecule has 4 unspecified atom stereocenters. The summed E-state index contributed by atoms with van der Waals surface area (Å²) in [5.74, 6) is 3.70. The maximum absolute atomic E-state index is 6.31. The first kappa shape index (κ1) is 14.1. The Kier molecular flexibility index (Phi) is 3.75. The first-order valence-electron chi connectivity index (χ1n) is 8.71. The van der Waals surface area contributed by atoms with Crippen LogP contribution in [-0.2, 0) is 0 Å². The number of nitrogens with one attached hydrogen (secondary N) is 1. The summed E-state index contributed by atoms with van der Waals surface area (Å²) in [6.45, 7) is 2.42. The third-order valence-corrected chi connectivity index (χ3v) is 6.76. The molecule has 0 aromatic heterocycles. The highest BCUT2D eigenvalue weighted by Crippen LogP contribution is 2.50. The van der Waals surface area contributed by atoms with Crippen molar-refractivity contribution in [2.75, 3.05) is 0 Å². The molecule has 1 nitrogen and oxygen atoms in total. The van der Waals surface area contributed by atoms with Crippen LogP contribution in [0.5, 0.6) is 0 Å². The minimum Gasteiger partial charge on any atom is -0.311 e. The topological polar surface area (TPSA) is 12.0 Å². The lowest BCUT2D eigenvalue weighted by Crippen LogP contribution is -2.48. The quantitative estimate of drug-likeness (QED) is 0.825. The van der Waals surface area contributed by atoms with Crippen LogP contribution in [0.1, 0.15) is 56.9 Å². The van der Waals surface area contributed by atoms with E-state index in [2.05, 4.69) is 24.4 Å². The van der Waals surface area contributed by atoms with E-state index in [0.717, 1.165) is 22.8 Å². The average Bonchev–Trinajstić information content (AvgIpc) is 3.06. The minimum absolute atomic E-state index is 0.670. The first-order chi connectivity index (χ1) is 10.2. The highest BCUT2D eigenvalue weighted by Gasteiger charge is 2.43. The van der Waals surface area contributed by atoms with Crippen molar-refractivity contribution in [2.24, 2.45) is 17.8 Å². The van der Waals surface area contributed by atoms with Gasteiger partial charge in [-0.3, -0.25) is 0 Å². The molecule has 1 aromatic carbocycles. The Morgan fingerprint density at radius 1 is 1.10 bits per heavy atom. The van der Waals surface area contributed by atoms with Crippen LogP contribution in [0.25, 0.3) is 0 Å². The molecule has 0 heterocycles. The molecule has 0 radical (unpaired) electrons. The van der Waals surface area contributed by atoms with Gasteiger partial charge in [-0.05, 0) is 74.3 Å². The SMILES string of the molecule is CC(NC1CC(c2ccccc2Cl)C1)C1CC2CCC1C2. The van der Waals surface area contributed by atoms with Gasteiger partial charge in [-0.1, -0.05) is 36.2 Å². The molecule has 3 fully saturated rings. The minimum atomic E-state index is 0.670. The highest BCUT2D eigenvalue weighted by molar-refractivity contribution is 6.31. The lowest BCUT2D eigenvalue weighted by molar-refractivity contribution is 0.200. The van der Waals surface area contributed by atoms with Crippen LogP contribution >= 0.6 is 11.6 Å². The van der Waals surface area contributed by atoms with E-state index < -0.39 is 0 Å². The Labute approximate surface area is 133 Å². The number of hydrogen-bond donors (Lipinski definition) is 1. The maximum atomic E-state index is 6.31. The van der Waals surface area contributed by atoms with E-state index in [4.69, 9.17) is 11.6 Å².